The van der Waals surface area contributed by atoms with Gasteiger partial charge in [0.25, 0.3) is 0 Å². The standard InChI is InChI=1S/2C57H36N4O/c1-4-16-38(17-5-1)51-35-43-22-10-11-25-45(43)55-53(54(60-61(51)55)40-18-6-2-7-19-40)39-32-30-37(31-33-39)49-36-50(59-57(58-49)41-20-8-3-9-21-41)44-24-14-23-42(34-44)46-27-15-28-48-47-26-12-13-29-52(47)62-56(46)48;1-4-15-40(16-5-1)51-35-44-21-10-11-22-45(44)55-53(54(60-61(51)55)42-17-6-2-7-18-42)41-33-31-39(32-34-41)50-36-49(58-57(59-50)43-19-8-3-9-20-43)38-29-27-37(28-30-38)46-24-14-25-48-47-23-12-13-26-52(47)62-56(46)48/h2*1-36H. The number of aromatic nitrogens is 8. The van der Waals surface area contributed by atoms with Gasteiger partial charge < -0.3 is 8.83 Å². The van der Waals surface area contributed by atoms with Gasteiger partial charge in [0.2, 0.25) is 0 Å². The minimum absolute atomic E-state index is 0.667. The Morgan fingerprint density at radius 3 is 0.903 bits per heavy atom. The summed E-state index contributed by atoms with van der Waals surface area (Å²) in [5.41, 5.74) is 31.8. The Balaban J connectivity index is 0.000000143. The van der Waals surface area contributed by atoms with Crippen molar-refractivity contribution in [1.82, 2.24) is 39.2 Å². The van der Waals surface area contributed by atoms with Gasteiger partial charge in [0, 0.05) is 110 Å². The summed E-state index contributed by atoms with van der Waals surface area (Å²) >= 11 is 0. The molecule has 8 heterocycles. The highest BCUT2D eigenvalue weighted by atomic mass is 16.3. The molecule has 8 aromatic heterocycles. The number of hydrogen-bond acceptors (Lipinski definition) is 8. The maximum Gasteiger partial charge on any atom is 0.160 e. The van der Waals surface area contributed by atoms with Crippen LogP contribution in [0.4, 0.5) is 0 Å². The van der Waals surface area contributed by atoms with Crippen LogP contribution in [0, 0.1) is 0 Å². The van der Waals surface area contributed by atoms with Crippen molar-refractivity contribution in [3.63, 3.8) is 0 Å². The van der Waals surface area contributed by atoms with Gasteiger partial charge in [-0.1, -0.05) is 394 Å². The second kappa shape index (κ2) is 30.8. The van der Waals surface area contributed by atoms with E-state index in [1.54, 1.807) is 0 Å². The van der Waals surface area contributed by atoms with Crippen LogP contribution in [0.15, 0.2) is 446 Å². The van der Waals surface area contributed by atoms with E-state index >= 15 is 0 Å². The third kappa shape index (κ3) is 13.1. The van der Waals surface area contributed by atoms with Gasteiger partial charge in [-0.3, -0.25) is 0 Å². The van der Waals surface area contributed by atoms with Crippen LogP contribution in [-0.2, 0) is 0 Å². The second-order valence-electron chi connectivity index (χ2n) is 31.2. The van der Waals surface area contributed by atoms with Crippen molar-refractivity contribution in [1.29, 1.82) is 0 Å². The smallest absolute Gasteiger partial charge is 0.160 e. The fourth-order valence-corrected chi connectivity index (χ4v) is 17.7. The molecule has 0 atom stereocenters. The lowest BCUT2D eigenvalue weighted by molar-refractivity contribution is 0.669. The molecule has 0 N–H and O–H groups in total. The summed E-state index contributed by atoms with van der Waals surface area (Å²) in [4.78, 5) is 20.7. The SMILES string of the molecule is c1ccc(-c2nc(-c3ccc(-c4c(-c5ccccc5)nn5c(-c6ccccc6)cc6ccccc6c45)cc3)cc(-c3cccc(-c4cccc5c4oc4ccccc45)c3)n2)cc1.c1ccc(-c2nc(-c3ccc(-c4cccc5c4oc4ccccc45)cc3)cc(-c3ccc(-c4c(-c5ccccc5)nn5c(-c6ccccc6)cc6ccccc6c45)cc3)n2)cc1. The number of rotatable bonds is 14. The molecule has 24 aromatic rings. The first-order chi connectivity index (χ1) is 61.5. The molecule has 124 heavy (non-hydrogen) atoms. The van der Waals surface area contributed by atoms with E-state index in [4.69, 9.17) is 39.0 Å². The third-order valence-electron chi connectivity index (χ3n) is 23.7. The topological polar surface area (TPSA) is 112 Å². The Bertz CT molecular complexity index is 8170. The molecule has 0 radical (unpaired) electrons. The zero-order chi connectivity index (χ0) is 82.0. The molecular weight excluding hydrogens is 1510 g/mol. The summed E-state index contributed by atoms with van der Waals surface area (Å²) in [5.74, 6) is 1.34. The van der Waals surface area contributed by atoms with Crippen molar-refractivity contribution in [2.45, 2.75) is 0 Å². The fourth-order valence-electron chi connectivity index (χ4n) is 17.7. The van der Waals surface area contributed by atoms with E-state index < -0.39 is 0 Å². The van der Waals surface area contributed by atoms with Crippen LogP contribution in [-0.4, -0.2) is 39.2 Å². The lowest BCUT2D eigenvalue weighted by atomic mass is 9.95. The van der Waals surface area contributed by atoms with Gasteiger partial charge in [-0.2, -0.15) is 10.2 Å². The molecule has 0 unspecified atom stereocenters. The number of pyridine rings is 2. The van der Waals surface area contributed by atoms with E-state index in [0.717, 1.165) is 222 Å². The summed E-state index contributed by atoms with van der Waals surface area (Å²) in [6.07, 6.45) is 0. The predicted molar refractivity (Wildman–Crippen MR) is 507 cm³/mol. The Morgan fingerprint density at radius 1 is 0.194 bits per heavy atom. The van der Waals surface area contributed by atoms with Crippen molar-refractivity contribution in [3.05, 3.63) is 437 Å². The summed E-state index contributed by atoms with van der Waals surface area (Å²) < 4.78 is 17.1. The number of furan rings is 2. The maximum atomic E-state index is 6.45. The fraction of sp³-hybridized carbons (Fsp3) is 0. The Kier molecular flexibility index (Phi) is 18.0. The number of hydrogen-bond donors (Lipinski definition) is 0. The van der Waals surface area contributed by atoms with Crippen molar-refractivity contribution in [3.8, 4) is 157 Å². The number of para-hydroxylation sites is 4. The van der Waals surface area contributed by atoms with Gasteiger partial charge in [-0.25, -0.2) is 29.0 Å². The van der Waals surface area contributed by atoms with E-state index in [1.807, 2.05) is 60.7 Å². The van der Waals surface area contributed by atoms with Crippen LogP contribution in [0.1, 0.15) is 0 Å². The molecule has 0 aliphatic rings. The molecule has 0 aliphatic carbocycles. The van der Waals surface area contributed by atoms with Crippen LogP contribution >= 0.6 is 0 Å². The lowest BCUT2D eigenvalue weighted by Crippen LogP contribution is -1.96. The first-order valence-electron chi connectivity index (χ1n) is 41.7. The minimum Gasteiger partial charge on any atom is -0.455 e. The van der Waals surface area contributed by atoms with Gasteiger partial charge in [0.1, 0.15) is 33.7 Å². The highest BCUT2D eigenvalue weighted by molar-refractivity contribution is 6.13. The maximum absolute atomic E-state index is 6.45. The summed E-state index contributed by atoms with van der Waals surface area (Å²) in [6, 6.07) is 152. The van der Waals surface area contributed by atoms with Gasteiger partial charge in [-0.15, -0.1) is 0 Å². The molecular formula is C114H72N8O2. The number of nitrogens with zero attached hydrogens (tertiary/aromatic N) is 8. The molecule has 16 aromatic carbocycles. The molecule has 580 valence electrons. The van der Waals surface area contributed by atoms with Crippen LogP contribution in [0.5, 0.6) is 0 Å². The average molecular weight is 1590 g/mol. The first kappa shape index (κ1) is 72.4. The van der Waals surface area contributed by atoms with Crippen LogP contribution in [0.2, 0.25) is 0 Å². The van der Waals surface area contributed by atoms with E-state index in [1.165, 1.54) is 0 Å². The van der Waals surface area contributed by atoms with Crippen molar-refractivity contribution >= 4 is 76.5 Å². The van der Waals surface area contributed by atoms with Crippen LogP contribution in [0.3, 0.4) is 0 Å². The molecule has 10 heteroatoms. The molecule has 10 nitrogen and oxygen atoms in total. The Morgan fingerprint density at radius 2 is 0.492 bits per heavy atom. The van der Waals surface area contributed by atoms with E-state index in [-0.39, 0.29) is 0 Å². The minimum atomic E-state index is 0.667. The first-order valence-corrected chi connectivity index (χ1v) is 41.7. The molecule has 0 bridgehead atoms. The second-order valence-corrected chi connectivity index (χ2v) is 31.2. The molecule has 0 saturated heterocycles. The van der Waals surface area contributed by atoms with Crippen molar-refractivity contribution in [2.24, 2.45) is 0 Å². The normalized spacial score (nSPS) is 11.5. The number of benzene rings is 16. The third-order valence-corrected chi connectivity index (χ3v) is 23.7. The van der Waals surface area contributed by atoms with E-state index in [0.29, 0.717) is 11.6 Å². The zero-order valence-electron chi connectivity index (χ0n) is 67.0. The molecule has 24 rings (SSSR count). The highest BCUT2D eigenvalue weighted by Crippen LogP contribution is 2.46. The number of fused-ring (bicyclic) bond motifs is 12. The van der Waals surface area contributed by atoms with Crippen LogP contribution < -0.4 is 0 Å². The quantitative estimate of drug-likeness (QED) is 0.106. The highest BCUT2D eigenvalue weighted by Gasteiger charge is 2.26. The summed E-state index contributed by atoms with van der Waals surface area (Å²) in [5, 5.41) is 19.9. The van der Waals surface area contributed by atoms with Gasteiger partial charge in [0.15, 0.2) is 11.6 Å². The predicted octanol–water partition coefficient (Wildman–Crippen LogP) is 29.7. The Hall–Kier alpha value is -16.8. The summed E-state index contributed by atoms with van der Waals surface area (Å²) in [7, 11) is 0. The van der Waals surface area contributed by atoms with E-state index in [9.17, 15) is 0 Å². The monoisotopic (exact) mass is 1580 g/mol. The molecule has 0 amide bonds. The van der Waals surface area contributed by atoms with Crippen molar-refractivity contribution in [2.75, 3.05) is 0 Å². The van der Waals surface area contributed by atoms with Gasteiger partial charge in [-0.05, 0) is 75.5 Å². The lowest BCUT2D eigenvalue weighted by Gasteiger charge is -2.12. The largest absolute Gasteiger partial charge is 0.455 e. The molecule has 0 aliphatic heterocycles. The Labute approximate surface area is 713 Å². The van der Waals surface area contributed by atoms with Gasteiger partial charge >= 0.3 is 0 Å². The van der Waals surface area contributed by atoms with Crippen LogP contribution in [0.25, 0.3) is 234 Å². The van der Waals surface area contributed by atoms with E-state index in [2.05, 4.69) is 385 Å². The molecule has 0 spiro atoms. The zero-order valence-corrected chi connectivity index (χ0v) is 67.0. The average Bonchev–Trinajstić information content (AvgIpc) is 1.57. The molecule has 0 fully saturated rings. The summed E-state index contributed by atoms with van der Waals surface area (Å²) in [6.45, 7) is 0. The van der Waals surface area contributed by atoms with Crippen molar-refractivity contribution < 1.29 is 8.83 Å². The molecule has 0 saturated carbocycles. The van der Waals surface area contributed by atoms with Gasteiger partial charge in [0.05, 0.1) is 45.2 Å².